The first-order valence-electron chi connectivity index (χ1n) is 7.12. The van der Waals surface area contributed by atoms with E-state index in [1.165, 1.54) is 34.9 Å². The van der Waals surface area contributed by atoms with E-state index in [4.69, 9.17) is 5.73 Å². The summed E-state index contributed by atoms with van der Waals surface area (Å²) in [5, 5.41) is 1.23. The maximum Gasteiger partial charge on any atom is 0.147 e. The number of nitrogens with zero attached hydrogens (tertiary/aromatic N) is 2. The summed E-state index contributed by atoms with van der Waals surface area (Å²) < 4.78 is 4.38. The van der Waals surface area contributed by atoms with Gasteiger partial charge in [0.25, 0.3) is 0 Å². The van der Waals surface area contributed by atoms with Gasteiger partial charge in [0.15, 0.2) is 0 Å². The molecule has 3 rings (SSSR count). The molecule has 1 fully saturated rings. The Hall–Kier alpha value is -1.55. The van der Waals surface area contributed by atoms with Crippen molar-refractivity contribution in [2.24, 2.45) is 5.41 Å². The minimum Gasteiger partial charge on any atom is -0.382 e. The van der Waals surface area contributed by atoms with Crippen LogP contribution in [0.4, 0.5) is 10.8 Å². The van der Waals surface area contributed by atoms with Gasteiger partial charge in [-0.05, 0) is 35.4 Å². The van der Waals surface area contributed by atoms with Crippen LogP contribution in [0.15, 0.2) is 30.3 Å². The summed E-state index contributed by atoms with van der Waals surface area (Å²) in [6.07, 6.45) is 2.44. The van der Waals surface area contributed by atoms with Gasteiger partial charge in [-0.2, -0.15) is 4.37 Å². The van der Waals surface area contributed by atoms with Gasteiger partial charge >= 0.3 is 0 Å². The molecule has 3 nitrogen and oxygen atoms in total. The number of rotatable bonds is 2. The minimum atomic E-state index is 0.458. The number of nitrogen functional groups attached to an aromatic ring is 1. The van der Waals surface area contributed by atoms with Crippen LogP contribution in [0.3, 0.4) is 0 Å². The van der Waals surface area contributed by atoms with E-state index in [-0.39, 0.29) is 0 Å². The number of nitrogens with two attached hydrogens (primary N) is 1. The van der Waals surface area contributed by atoms with Crippen LogP contribution < -0.4 is 10.6 Å². The van der Waals surface area contributed by atoms with E-state index in [2.05, 4.69) is 47.4 Å². The largest absolute Gasteiger partial charge is 0.382 e. The smallest absolute Gasteiger partial charge is 0.147 e. The molecule has 0 spiro atoms. The normalized spacial score (nSPS) is 18.2. The van der Waals surface area contributed by atoms with Gasteiger partial charge < -0.3 is 10.6 Å². The van der Waals surface area contributed by atoms with Crippen molar-refractivity contribution in [3.63, 3.8) is 0 Å². The zero-order chi connectivity index (χ0) is 14.2. The molecule has 2 aromatic rings. The molecule has 1 aliphatic heterocycles. The monoisotopic (exact) mass is 287 g/mol. The highest BCUT2D eigenvalue weighted by molar-refractivity contribution is 7.11. The molecule has 1 aliphatic rings. The summed E-state index contributed by atoms with van der Waals surface area (Å²) in [5.41, 5.74) is 8.84. The molecular formula is C16H21N3S. The van der Waals surface area contributed by atoms with Crippen LogP contribution in [-0.2, 0) is 0 Å². The van der Waals surface area contributed by atoms with E-state index in [9.17, 15) is 0 Å². The van der Waals surface area contributed by atoms with Crippen molar-refractivity contribution in [3.05, 3.63) is 30.3 Å². The quantitative estimate of drug-likeness (QED) is 0.907. The number of benzene rings is 1. The zero-order valence-corrected chi connectivity index (χ0v) is 12.9. The first-order chi connectivity index (χ1) is 9.57. The number of anilines is 2. The van der Waals surface area contributed by atoms with Crippen molar-refractivity contribution >= 4 is 22.4 Å². The Morgan fingerprint density at radius 1 is 1.15 bits per heavy atom. The fourth-order valence-corrected chi connectivity index (χ4v) is 3.59. The predicted octanol–water partition coefficient (Wildman–Crippen LogP) is 4.02. The lowest BCUT2D eigenvalue weighted by Crippen LogP contribution is -2.37. The van der Waals surface area contributed by atoms with Crippen LogP contribution in [0.25, 0.3) is 11.1 Å². The van der Waals surface area contributed by atoms with Crippen molar-refractivity contribution in [2.45, 2.75) is 26.7 Å². The molecule has 0 amide bonds. The van der Waals surface area contributed by atoms with Gasteiger partial charge in [0, 0.05) is 13.1 Å². The number of hydrogen-bond donors (Lipinski definition) is 1. The molecule has 2 N–H and O–H groups in total. The zero-order valence-electron chi connectivity index (χ0n) is 12.1. The molecule has 20 heavy (non-hydrogen) atoms. The highest BCUT2D eigenvalue weighted by Crippen LogP contribution is 2.42. The molecule has 0 unspecified atom stereocenters. The van der Waals surface area contributed by atoms with Crippen LogP contribution >= 0.6 is 11.5 Å². The van der Waals surface area contributed by atoms with Crippen molar-refractivity contribution in [1.29, 1.82) is 0 Å². The Morgan fingerprint density at radius 2 is 1.80 bits per heavy atom. The van der Waals surface area contributed by atoms with Gasteiger partial charge in [0.2, 0.25) is 0 Å². The Balaban J connectivity index is 1.92. The summed E-state index contributed by atoms with van der Waals surface area (Å²) >= 11 is 1.53. The van der Waals surface area contributed by atoms with Crippen LogP contribution in [0.2, 0.25) is 0 Å². The van der Waals surface area contributed by atoms with E-state index in [0.29, 0.717) is 11.2 Å². The molecule has 1 aromatic heterocycles. The first kappa shape index (κ1) is 13.4. The molecule has 1 saturated heterocycles. The molecule has 4 heteroatoms. The lowest BCUT2D eigenvalue weighted by atomic mass is 9.83. The van der Waals surface area contributed by atoms with E-state index in [0.717, 1.165) is 18.7 Å². The molecule has 0 aliphatic carbocycles. The van der Waals surface area contributed by atoms with Crippen molar-refractivity contribution in [3.8, 4) is 11.1 Å². The molecule has 0 radical (unpaired) electrons. The third kappa shape index (κ3) is 2.52. The maximum absolute atomic E-state index is 6.11. The lowest BCUT2D eigenvalue weighted by molar-refractivity contribution is 0.280. The predicted molar refractivity (Wildman–Crippen MR) is 87.2 cm³/mol. The van der Waals surface area contributed by atoms with E-state index in [1.54, 1.807) is 0 Å². The average molecular weight is 287 g/mol. The first-order valence-corrected chi connectivity index (χ1v) is 7.90. The average Bonchev–Trinajstić information content (AvgIpc) is 2.82. The molecule has 0 bridgehead atoms. The molecule has 0 saturated carbocycles. The van der Waals surface area contributed by atoms with Gasteiger partial charge in [-0.3, -0.25) is 0 Å². The summed E-state index contributed by atoms with van der Waals surface area (Å²) in [6, 6.07) is 10.3. The summed E-state index contributed by atoms with van der Waals surface area (Å²) in [6.45, 7) is 6.88. The van der Waals surface area contributed by atoms with E-state index in [1.807, 2.05) is 6.07 Å². The Morgan fingerprint density at radius 3 is 2.45 bits per heavy atom. The molecule has 0 atom stereocenters. The van der Waals surface area contributed by atoms with Gasteiger partial charge in [0.1, 0.15) is 10.8 Å². The second-order valence-corrected chi connectivity index (χ2v) is 7.02. The van der Waals surface area contributed by atoms with E-state index >= 15 is 0 Å². The number of hydrogen-bond acceptors (Lipinski definition) is 4. The van der Waals surface area contributed by atoms with Crippen molar-refractivity contribution in [2.75, 3.05) is 23.7 Å². The van der Waals surface area contributed by atoms with Crippen LogP contribution in [0, 0.1) is 5.41 Å². The second kappa shape index (κ2) is 5.09. The van der Waals surface area contributed by atoms with Crippen LogP contribution in [0.1, 0.15) is 26.7 Å². The van der Waals surface area contributed by atoms with Gasteiger partial charge in [-0.1, -0.05) is 44.2 Å². The molecule has 1 aromatic carbocycles. The third-order valence-corrected chi connectivity index (χ3v) is 5.09. The van der Waals surface area contributed by atoms with Crippen LogP contribution in [0.5, 0.6) is 0 Å². The molecule has 106 valence electrons. The SMILES string of the molecule is CC1(C)CCN(c2snc(N)c2-c2ccccc2)CC1. The highest BCUT2D eigenvalue weighted by Gasteiger charge is 2.28. The fraction of sp³-hybridized carbons (Fsp3) is 0.438. The molecule has 2 heterocycles. The van der Waals surface area contributed by atoms with Gasteiger partial charge in [-0.25, -0.2) is 0 Å². The highest BCUT2D eigenvalue weighted by atomic mass is 32.1. The summed E-state index contributed by atoms with van der Waals surface area (Å²) in [7, 11) is 0. The number of aromatic nitrogens is 1. The topological polar surface area (TPSA) is 42.2 Å². The Labute approximate surface area is 124 Å². The Kier molecular flexibility index (Phi) is 3.42. The third-order valence-electron chi connectivity index (χ3n) is 4.17. The van der Waals surface area contributed by atoms with Crippen LogP contribution in [-0.4, -0.2) is 17.5 Å². The summed E-state index contributed by atoms with van der Waals surface area (Å²) in [5.74, 6) is 0.654. The van der Waals surface area contributed by atoms with Crippen molar-refractivity contribution in [1.82, 2.24) is 4.37 Å². The summed E-state index contributed by atoms with van der Waals surface area (Å²) in [4.78, 5) is 2.45. The molecular weight excluding hydrogens is 266 g/mol. The van der Waals surface area contributed by atoms with Crippen molar-refractivity contribution < 1.29 is 0 Å². The van der Waals surface area contributed by atoms with Gasteiger partial charge in [0.05, 0.1) is 5.56 Å². The Bertz CT molecular complexity index is 579. The standard InChI is InChI=1S/C16H21N3S/c1-16(2)8-10-19(11-9-16)15-13(14(17)18-20-15)12-6-4-3-5-7-12/h3-7H,8-11H2,1-2H3,(H2,17,18). The minimum absolute atomic E-state index is 0.458. The van der Waals surface area contributed by atoms with E-state index < -0.39 is 0 Å². The second-order valence-electron chi connectivity index (χ2n) is 6.27. The number of piperidine rings is 1. The fourth-order valence-electron chi connectivity index (χ4n) is 2.70. The van der Waals surface area contributed by atoms with Gasteiger partial charge in [-0.15, -0.1) is 0 Å². The maximum atomic E-state index is 6.11. The lowest BCUT2D eigenvalue weighted by Gasteiger charge is -2.37.